The lowest BCUT2D eigenvalue weighted by molar-refractivity contribution is 0.203. The molecule has 0 saturated heterocycles. The van der Waals surface area contributed by atoms with Gasteiger partial charge in [0.2, 0.25) is 0 Å². The van der Waals surface area contributed by atoms with E-state index in [0.717, 1.165) is 16.5 Å². The van der Waals surface area contributed by atoms with E-state index in [1.807, 2.05) is 30.3 Å². The molecule has 1 aromatic heterocycles. The molecule has 5 N–H and O–H groups in total. The van der Waals surface area contributed by atoms with Crippen LogP contribution in [0, 0.1) is 0 Å². The van der Waals surface area contributed by atoms with Crippen molar-refractivity contribution in [2.24, 2.45) is 5.73 Å². The van der Waals surface area contributed by atoms with Crippen LogP contribution in [0.5, 0.6) is 0 Å². The molecule has 0 spiro atoms. The highest BCUT2D eigenvalue weighted by molar-refractivity contribution is 5.81. The Morgan fingerprint density at radius 1 is 1.22 bits per heavy atom. The first-order valence-electron chi connectivity index (χ1n) is 5.85. The minimum atomic E-state index is -0.427. The molecule has 0 aliphatic rings. The minimum Gasteiger partial charge on any atom is -0.394 e. The number of nitrogens with two attached hydrogens (primary N) is 1. The Hall–Kier alpha value is -1.69. The quantitative estimate of drug-likeness (QED) is 0.616. The molecule has 0 radical (unpaired) electrons. The summed E-state index contributed by atoms with van der Waals surface area (Å²) in [4.78, 5) is 4.47. The van der Waals surface area contributed by atoms with Gasteiger partial charge in [-0.25, -0.2) is 4.98 Å². The van der Waals surface area contributed by atoms with Gasteiger partial charge >= 0.3 is 0 Å². The lowest BCUT2D eigenvalue weighted by Gasteiger charge is -2.17. The number of aliphatic hydroxyl groups excluding tert-OH is 2. The molecule has 0 unspecified atom stereocenters. The average Bonchev–Trinajstić information content (AvgIpc) is 2.43. The van der Waals surface area contributed by atoms with Crippen LogP contribution in [0.25, 0.3) is 10.9 Å². The van der Waals surface area contributed by atoms with Crippen LogP contribution in [-0.2, 0) is 6.54 Å². The second-order valence-corrected chi connectivity index (χ2v) is 4.10. The van der Waals surface area contributed by atoms with E-state index in [9.17, 15) is 0 Å². The third-order valence-electron chi connectivity index (χ3n) is 2.80. The van der Waals surface area contributed by atoms with E-state index in [0.29, 0.717) is 12.4 Å². The standard InChI is InChI=1S/C13H17N3O2/c14-6-10-5-9-3-1-2-4-12(9)16-13(10)15-11(7-17)8-18/h1-5,11,17-18H,6-8,14H2,(H,15,16). The molecule has 5 heteroatoms. The van der Waals surface area contributed by atoms with Crippen molar-refractivity contribution in [2.75, 3.05) is 18.5 Å². The molecule has 0 atom stereocenters. The smallest absolute Gasteiger partial charge is 0.131 e. The minimum absolute atomic E-state index is 0.158. The molecular weight excluding hydrogens is 230 g/mol. The molecule has 2 aromatic rings. The van der Waals surface area contributed by atoms with Gasteiger partial charge in [-0.05, 0) is 12.1 Å². The summed E-state index contributed by atoms with van der Waals surface area (Å²) < 4.78 is 0. The van der Waals surface area contributed by atoms with Crippen molar-refractivity contribution in [1.82, 2.24) is 4.98 Å². The summed E-state index contributed by atoms with van der Waals surface area (Å²) >= 11 is 0. The highest BCUT2D eigenvalue weighted by Crippen LogP contribution is 2.20. The molecule has 18 heavy (non-hydrogen) atoms. The zero-order chi connectivity index (χ0) is 13.0. The zero-order valence-corrected chi connectivity index (χ0v) is 10.0. The molecule has 0 aliphatic carbocycles. The Morgan fingerprint density at radius 3 is 2.61 bits per heavy atom. The highest BCUT2D eigenvalue weighted by atomic mass is 16.3. The van der Waals surface area contributed by atoms with Gasteiger partial charge in [0, 0.05) is 17.5 Å². The van der Waals surface area contributed by atoms with E-state index >= 15 is 0 Å². The first kappa shape index (κ1) is 12.8. The predicted octanol–water partition coefficient (Wildman–Crippen LogP) is 0.459. The van der Waals surface area contributed by atoms with Crippen molar-refractivity contribution in [3.05, 3.63) is 35.9 Å². The van der Waals surface area contributed by atoms with E-state index < -0.39 is 6.04 Å². The fourth-order valence-electron chi connectivity index (χ4n) is 1.78. The number of pyridine rings is 1. The fourth-order valence-corrected chi connectivity index (χ4v) is 1.78. The molecule has 0 amide bonds. The SMILES string of the molecule is NCc1cc2ccccc2nc1NC(CO)CO. The van der Waals surface area contributed by atoms with Crippen LogP contribution in [-0.4, -0.2) is 34.5 Å². The Kier molecular flexibility index (Phi) is 4.09. The normalized spacial score (nSPS) is 11.1. The number of para-hydroxylation sites is 1. The number of rotatable bonds is 5. The van der Waals surface area contributed by atoms with Gasteiger partial charge in [-0.15, -0.1) is 0 Å². The van der Waals surface area contributed by atoms with Crippen LogP contribution in [0.4, 0.5) is 5.82 Å². The lowest BCUT2D eigenvalue weighted by atomic mass is 10.1. The van der Waals surface area contributed by atoms with Gasteiger partial charge in [-0.1, -0.05) is 18.2 Å². The molecule has 0 fully saturated rings. The van der Waals surface area contributed by atoms with Crippen molar-refractivity contribution in [1.29, 1.82) is 0 Å². The fraction of sp³-hybridized carbons (Fsp3) is 0.308. The zero-order valence-electron chi connectivity index (χ0n) is 10.0. The maximum absolute atomic E-state index is 9.08. The molecule has 1 aromatic carbocycles. The van der Waals surface area contributed by atoms with Crippen LogP contribution >= 0.6 is 0 Å². The second kappa shape index (κ2) is 5.77. The van der Waals surface area contributed by atoms with E-state index in [2.05, 4.69) is 10.3 Å². The van der Waals surface area contributed by atoms with Crippen LogP contribution < -0.4 is 11.1 Å². The van der Waals surface area contributed by atoms with Gasteiger partial charge in [-0.3, -0.25) is 0 Å². The molecule has 5 nitrogen and oxygen atoms in total. The van der Waals surface area contributed by atoms with Gasteiger partial charge in [0.05, 0.1) is 24.8 Å². The summed E-state index contributed by atoms with van der Waals surface area (Å²) in [5, 5.41) is 22.2. The Balaban J connectivity index is 2.41. The van der Waals surface area contributed by atoms with Crippen LogP contribution in [0.1, 0.15) is 5.56 Å². The molecule has 2 rings (SSSR count). The number of hydrogen-bond donors (Lipinski definition) is 4. The predicted molar refractivity (Wildman–Crippen MR) is 71.2 cm³/mol. The summed E-state index contributed by atoms with van der Waals surface area (Å²) in [6.07, 6.45) is 0. The van der Waals surface area contributed by atoms with E-state index in [1.165, 1.54) is 0 Å². The van der Waals surface area contributed by atoms with Crippen molar-refractivity contribution >= 4 is 16.7 Å². The van der Waals surface area contributed by atoms with Crippen molar-refractivity contribution in [2.45, 2.75) is 12.6 Å². The van der Waals surface area contributed by atoms with Gasteiger partial charge in [0.1, 0.15) is 5.82 Å². The van der Waals surface area contributed by atoms with E-state index in [1.54, 1.807) is 0 Å². The van der Waals surface area contributed by atoms with Crippen LogP contribution in [0.3, 0.4) is 0 Å². The van der Waals surface area contributed by atoms with Crippen molar-refractivity contribution < 1.29 is 10.2 Å². The Labute approximate surface area is 105 Å². The maximum atomic E-state index is 9.08. The number of aromatic nitrogens is 1. The van der Waals surface area contributed by atoms with E-state index in [-0.39, 0.29) is 13.2 Å². The van der Waals surface area contributed by atoms with Gasteiger partial charge < -0.3 is 21.3 Å². The third-order valence-corrected chi connectivity index (χ3v) is 2.80. The number of fused-ring (bicyclic) bond motifs is 1. The third kappa shape index (κ3) is 2.59. The van der Waals surface area contributed by atoms with E-state index in [4.69, 9.17) is 15.9 Å². The number of hydrogen-bond acceptors (Lipinski definition) is 5. The summed E-state index contributed by atoms with van der Waals surface area (Å²) in [6, 6.07) is 9.28. The summed E-state index contributed by atoms with van der Waals surface area (Å²) in [7, 11) is 0. The topological polar surface area (TPSA) is 91.4 Å². The number of anilines is 1. The Bertz CT molecular complexity index is 527. The molecule has 0 aliphatic heterocycles. The molecule has 1 heterocycles. The number of benzene rings is 1. The first-order valence-corrected chi connectivity index (χ1v) is 5.85. The Morgan fingerprint density at radius 2 is 1.94 bits per heavy atom. The summed E-state index contributed by atoms with van der Waals surface area (Å²) in [5.74, 6) is 0.615. The number of aliphatic hydroxyl groups is 2. The largest absolute Gasteiger partial charge is 0.394 e. The summed E-state index contributed by atoms with van der Waals surface area (Å²) in [6.45, 7) is 0.0355. The maximum Gasteiger partial charge on any atom is 0.131 e. The van der Waals surface area contributed by atoms with Crippen molar-refractivity contribution in [3.63, 3.8) is 0 Å². The summed E-state index contributed by atoms with van der Waals surface area (Å²) in [5.41, 5.74) is 7.41. The van der Waals surface area contributed by atoms with Gasteiger partial charge in [0.15, 0.2) is 0 Å². The van der Waals surface area contributed by atoms with Gasteiger partial charge in [-0.2, -0.15) is 0 Å². The molecule has 0 saturated carbocycles. The number of nitrogens with zero attached hydrogens (tertiary/aromatic N) is 1. The monoisotopic (exact) mass is 247 g/mol. The second-order valence-electron chi connectivity index (χ2n) is 4.10. The van der Waals surface area contributed by atoms with Crippen LogP contribution in [0.2, 0.25) is 0 Å². The number of nitrogens with one attached hydrogen (secondary N) is 1. The first-order chi connectivity index (χ1) is 8.78. The van der Waals surface area contributed by atoms with Gasteiger partial charge in [0.25, 0.3) is 0 Å². The lowest BCUT2D eigenvalue weighted by Crippen LogP contribution is -2.29. The van der Waals surface area contributed by atoms with Crippen molar-refractivity contribution in [3.8, 4) is 0 Å². The highest BCUT2D eigenvalue weighted by Gasteiger charge is 2.10. The molecule has 0 bridgehead atoms. The van der Waals surface area contributed by atoms with Crippen LogP contribution in [0.15, 0.2) is 30.3 Å². The molecule has 96 valence electrons. The average molecular weight is 247 g/mol. The molecular formula is C13H17N3O2.